The first kappa shape index (κ1) is 15.7. The lowest BCUT2D eigenvalue weighted by molar-refractivity contribution is 0.101. The minimum Gasteiger partial charge on any atom is -0.345 e. The van der Waals surface area contributed by atoms with E-state index < -0.39 is 10.0 Å². The lowest BCUT2D eigenvalue weighted by Crippen LogP contribution is -2.19. The second kappa shape index (κ2) is 6.00. The van der Waals surface area contributed by atoms with Gasteiger partial charge in [0, 0.05) is 23.4 Å². The fourth-order valence-electron chi connectivity index (χ4n) is 1.78. The minimum absolute atomic E-state index is 0.143. The number of nitrogens with one attached hydrogen (secondary N) is 2. The van der Waals surface area contributed by atoms with Gasteiger partial charge in [-0.25, -0.2) is 13.1 Å². The van der Waals surface area contributed by atoms with Gasteiger partial charge in [-0.3, -0.25) is 4.79 Å². The summed E-state index contributed by atoms with van der Waals surface area (Å²) < 4.78 is 27.9. The molecule has 2 aromatic rings. The zero-order chi connectivity index (χ0) is 15.6. The van der Waals surface area contributed by atoms with Crippen LogP contribution in [0.3, 0.4) is 0 Å². The van der Waals surface area contributed by atoms with Gasteiger partial charge in [0.2, 0.25) is 10.0 Å². The quantitative estimate of drug-likeness (QED) is 0.861. The summed E-state index contributed by atoms with van der Waals surface area (Å²) >= 11 is 3.30. The zero-order valence-electron chi connectivity index (χ0n) is 11.4. The van der Waals surface area contributed by atoms with Gasteiger partial charge in [-0.15, -0.1) is 0 Å². The van der Waals surface area contributed by atoms with Crippen LogP contribution in [0.15, 0.2) is 45.9 Å². The third-order valence-corrected chi connectivity index (χ3v) is 4.76. The molecule has 2 N–H and O–H groups in total. The summed E-state index contributed by atoms with van der Waals surface area (Å²) in [5, 5.41) is 2.71. The van der Waals surface area contributed by atoms with Gasteiger partial charge in [0.15, 0.2) is 0 Å². The first-order valence-electron chi connectivity index (χ1n) is 6.00. The highest BCUT2D eigenvalue weighted by molar-refractivity contribution is 9.10. The maximum Gasteiger partial charge on any atom is 0.272 e. The lowest BCUT2D eigenvalue weighted by atomic mass is 10.3. The van der Waals surface area contributed by atoms with Gasteiger partial charge in [-0.2, -0.15) is 0 Å². The number of carbonyl (C=O) groups excluding carboxylic acids is 1. The van der Waals surface area contributed by atoms with Crippen LogP contribution in [-0.2, 0) is 17.1 Å². The van der Waals surface area contributed by atoms with Crippen LogP contribution in [0, 0.1) is 0 Å². The molecule has 0 atom stereocenters. The number of sulfonamides is 1. The van der Waals surface area contributed by atoms with Crippen molar-refractivity contribution < 1.29 is 13.2 Å². The summed E-state index contributed by atoms with van der Waals surface area (Å²) in [6, 6.07) is 7.65. The number of rotatable bonds is 4. The molecule has 0 saturated carbocycles. The Morgan fingerprint density at radius 2 is 1.86 bits per heavy atom. The Hall–Kier alpha value is -1.64. The standard InChI is InChI=1S/C13H14BrN3O3S/c1-15-21(19,20)11-5-3-10(4-6-11)16-13(18)12-7-9(14)8-17(12)2/h3-8,15H,1-2H3,(H,16,18). The molecule has 8 heteroatoms. The zero-order valence-corrected chi connectivity index (χ0v) is 13.8. The van der Waals surface area contributed by atoms with E-state index in [1.807, 2.05) is 0 Å². The number of amides is 1. The van der Waals surface area contributed by atoms with E-state index in [1.165, 1.54) is 19.2 Å². The third-order valence-electron chi connectivity index (χ3n) is 2.90. The summed E-state index contributed by atoms with van der Waals surface area (Å²) in [6.45, 7) is 0. The monoisotopic (exact) mass is 371 g/mol. The van der Waals surface area contributed by atoms with Crippen LogP contribution in [0.1, 0.15) is 10.5 Å². The topological polar surface area (TPSA) is 80.2 Å². The number of nitrogens with zero attached hydrogens (tertiary/aromatic N) is 1. The molecule has 112 valence electrons. The Morgan fingerprint density at radius 1 is 1.24 bits per heavy atom. The van der Waals surface area contributed by atoms with Crippen LogP contribution in [0.5, 0.6) is 0 Å². The fourth-order valence-corrected chi connectivity index (χ4v) is 3.03. The molecular weight excluding hydrogens is 358 g/mol. The molecular formula is C13H14BrN3O3S. The second-order valence-corrected chi connectivity index (χ2v) is 7.14. The SMILES string of the molecule is CNS(=O)(=O)c1ccc(NC(=O)c2cc(Br)cn2C)cc1. The largest absolute Gasteiger partial charge is 0.345 e. The average Bonchev–Trinajstić information content (AvgIpc) is 2.78. The van der Waals surface area contributed by atoms with Crippen LogP contribution in [-0.4, -0.2) is 25.9 Å². The molecule has 1 heterocycles. The number of hydrogen-bond donors (Lipinski definition) is 2. The van der Waals surface area contributed by atoms with E-state index in [9.17, 15) is 13.2 Å². The van der Waals surface area contributed by atoms with E-state index in [0.717, 1.165) is 4.47 Å². The van der Waals surface area contributed by atoms with Gasteiger partial charge >= 0.3 is 0 Å². The van der Waals surface area contributed by atoms with Crippen molar-refractivity contribution in [3.8, 4) is 0 Å². The molecule has 0 fully saturated rings. The van der Waals surface area contributed by atoms with E-state index in [2.05, 4.69) is 26.0 Å². The lowest BCUT2D eigenvalue weighted by Gasteiger charge is -2.07. The molecule has 0 aliphatic rings. The Kier molecular flexibility index (Phi) is 4.50. The molecule has 6 nitrogen and oxygen atoms in total. The number of hydrogen-bond acceptors (Lipinski definition) is 3. The number of aryl methyl sites for hydroxylation is 1. The predicted molar refractivity (Wildman–Crippen MR) is 83.8 cm³/mol. The van der Waals surface area contributed by atoms with E-state index in [-0.39, 0.29) is 10.8 Å². The Bertz CT molecular complexity index is 766. The first-order chi connectivity index (χ1) is 9.83. The Labute approximate surface area is 131 Å². The highest BCUT2D eigenvalue weighted by atomic mass is 79.9. The van der Waals surface area contributed by atoms with Crippen molar-refractivity contribution in [3.63, 3.8) is 0 Å². The highest BCUT2D eigenvalue weighted by Crippen LogP contribution is 2.17. The predicted octanol–water partition coefficient (Wildman–Crippen LogP) is 1.95. The number of benzene rings is 1. The van der Waals surface area contributed by atoms with Gasteiger partial charge in [0.05, 0.1) is 4.90 Å². The van der Waals surface area contributed by atoms with Crippen molar-refractivity contribution in [2.45, 2.75) is 4.90 Å². The van der Waals surface area contributed by atoms with Crippen LogP contribution < -0.4 is 10.0 Å². The second-order valence-electron chi connectivity index (χ2n) is 4.34. The van der Waals surface area contributed by atoms with E-state index in [1.54, 1.807) is 36.0 Å². The highest BCUT2D eigenvalue weighted by Gasteiger charge is 2.13. The third kappa shape index (κ3) is 3.52. The maximum atomic E-state index is 12.1. The molecule has 0 aliphatic heterocycles. The molecule has 1 aromatic carbocycles. The van der Waals surface area contributed by atoms with Crippen LogP contribution >= 0.6 is 15.9 Å². The number of halogens is 1. The summed E-state index contributed by atoms with van der Waals surface area (Å²) in [5.74, 6) is -0.271. The number of anilines is 1. The van der Waals surface area contributed by atoms with Gasteiger partial charge in [0.25, 0.3) is 5.91 Å². The van der Waals surface area contributed by atoms with E-state index in [0.29, 0.717) is 11.4 Å². The normalized spacial score (nSPS) is 11.4. The number of carbonyl (C=O) groups is 1. The van der Waals surface area contributed by atoms with Gasteiger partial charge in [-0.05, 0) is 53.3 Å². The van der Waals surface area contributed by atoms with E-state index >= 15 is 0 Å². The van der Waals surface area contributed by atoms with Crippen molar-refractivity contribution in [1.29, 1.82) is 0 Å². The molecule has 0 radical (unpaired) electrons. The van der Waals surface area contributed by atoms with Crippen LogP contribution in [0.4, 0.5) is 5.69 Å². The van der Waals surface area contributed by atoms with E-state index in [4.69, 9.17) is 0 Å². The van der Waals surface area contributed by atoms with Gasteiger partial charge in [-0.1, -0.05) is 0 Å². The molecule has 0 saturated heterocycles. The maximum absolute atomic E-state index is 12.1. The molecule has 21 heavy (non-hydrogen) atoms. The summed E-state index contributed by atoms with van der Waals surface area (Å²) in [6.07, 6.45) is 1.78. The summed E-state index contributed by atoms with van der Waals surface area (Å²) in [7, 11) is -0.360. The van der Waals surface area contributed by atoms with Crippen molar-refractivity contribution in [2.24, 2.45) is 7.05 Å². The fraction of sp³-hybridized carbons (Fsp3) is 0.154. The minimum atomic E-state index is -3.47. The molecule has 0 aliphatic carbocycles. The number of aromatic nitrogens is 1. The Balaban J connectivity index is 2.18. The molecule has 2 rings (SSSR count). The van der Waals surface area contributed by atoms with Crippen molar-refractivity contribution in [3.05, 3.63) is 46.7 Å². The molecule has 1 aromatic heterocycles. The van der Waals surface area contributed by atoms with Gasteiger partial charge in [0.1, 0.15) is 5.69 Å². The van der Waals surface area contributed by atoms with Crippen molar-refractivity contribution in [2.75, 3.05) is 12.4 Å². The van der Waals surface area contributed by atoms with Crippen LogP contribution in [0.25, 0.3) is 0 Å². The molecule has 0 spiro atoms. The van der Waals surface area contributed by atoms with Crippen LogP contribution in [0.2, 0.25) is 0 Å². The van der Waals surface area contributed by atoms with Crippen molar-refractivity contribution in [1.82, 2.24) is 9.29 Å². The van der Waals surface area contributed by atoms with Crippen molar-refractivity contribution >= 4 is 37.5 Å². The smallest absolute Gasteiger partial charge is 0.272 e. The molecule has 0 unspecified atom stereocenters. The molecule has 0 bridgehead atoms. The average molecular weight is 372 g/mol. The Morgan fingerprint density at radius 3 is 2.33 bits per heavy atom. The van der Waals surface area contributed by atoms with Gasteiger partial charge < -0.3 is 9.88 Å². The summed E-state index contributed by atoms with van der Waals surface area (Å²) in [5.41, 5.74) is 1.01. The molecule has 1 amide bonds. The summed E-state index contributed by atoms with van der Waals surface area (Å²) in [4.78, 5) is 12.2. The first-order valence-corrected chi connectivity index (χ1v) is 8.28.